The largest absolute Gasteiger partial charge is 0.326 e. The van der Waals surface area contributed by atoms with E-state index < -0.39 is 0 Å². The average molecular weight is 289 g/mol. The van der Waals surface area contributed by atoms with Crippen molar-refractivity contribution in [1.29, 1.82) is 0 Å². The lowest BCUT2D eigenvalue weighted by atomic mass is 9.92. The third kappa shape index (κ3) is 5.10. The second kappa shape index (κ2) is 6.91. The van der Waals surface area contributed by atoms with Gasteiger partial charge in [-0.05, 0) is 23.9 Å². The van der Waals surface area contributed by atoms with Gasteiger partial charge in [0.25, 0.3) is 0 Å². The summed E-state index contributed by atoms with van der Waals surface area (Å²) in [6.07, 6.45) is 0. The van der Waals surface area contributed by atoms with Gasteiger partial charge < -0.3 is 15.5 Å². The van der Waals surface area contributed by atoms with Crippen LogP contribution in [0.2, 0.25) is 0 Å². The summed E-state index contributed by atoms with van der Waals surface area (Å²) in [4.78, 5) is 4.96. The third-order valence-corrected chi connectivity index (χ3v) is 4.39. The Morgan fingerprint density at radius 1 is 1.24 bits per heavy atom. The average Bonchev–Trinajstić information content (AvgIpc) is 2.67. The lowest BCUT2D eigenvalue weighted by Crippen LogP contribution is -2.41. The zero-order valence-electron chi connectivity index (χ0n) is 14.0. The van der Waals surface area contributed by atoms with Crippen LogP contribution in [0.4, 0.5) is 0 Å². The number of benzene rings is 1. The van der Waals surface area contributed by atoms with E-state index in [0.29, 0.717) is 12.0 Å². The fraction of sp³-hybridized carbons (Fsp3) is 0.667. The highest BCUT2D eigenvalue weighted by Crippen LogP contribution is 2.23. The quantitative estimate of drug-likeness (QED) is 0.873. The van der Waals surface area contributed by atoms with Crippen LogP contribution in [0, 0.1) is 11.3 Å². The Balaban J connectivity index is 1.82. The minimum absolute atomic E-state index is 0.285. The number of rotatable bonds is 6. The first-order chi connectivity index (χ1) is 9.85. The van der Waals surface area contributed by atoms with Crippen molar-refractivity contribution in [2.45, 2.75) is 33.4 Å². The second-order valence-corrected chi connectivity index (χ2v) is 7.66. The first-order valence-corrected chi connectivity index (χ1v) is 8.06. The zero-order chi connectivity index (χ0) is 15.5. The highest BCUT2D eigenvalue weighted by Gasteiger charge is 2.31. The molecule has 0 aliphatic carbocycles. The van der Waals surface area contributed by atoms with Crippen LogP contribution < -0.4 is 5.73 Å². The molecule has 0 aromatic heterocycles. The molecule has 1 aromatic rings. The molecule has 0 amide bonds. The number of nitrogens with two attached hydrogens (primary N) is 1. The lowest BCUT2D eigenvalue weighted by Gasteiger charge is -2.34. The van der Waals surface area contributed by atoms with Gasteiger partial charge in [-0.3, -0.25) is 0 Å². The van der Waals surface area contributed by atoms with Gasteiger partial charge in [-0.25, -0.2) is 0 Å². The Hall–Kier alpha value is -0.900. The summed E-state index contributed by atoms with van der Waals surface area (Å²) >= 11 is 0. The molecule has 1 saturated heterocycles. The van der Waals surface area contributed by atoms with Crippen molar-refractivity contribution in [1.82, 2.24) is 9.80 Å². The zero-order valence-corrected chi connectivity index (χ0v) is 14.0. The van der Waals surface area contributed by atoms with Gasteiger partial charge in [0, 0.05) is 38.8 Å². The molecule has 0 bridgehead atoms. The Kier molecular flexibility index (Phi) is 5.42. The number of hydrogen-bond donors (Lipinski definition) is 1. The van der Waals surface area contributed by atoms with Crippen LogP contribution in [0.25, 0.3) is 0 Å². The summed E-state index contributed by atoms with van der Waals surface area (Å²) in [5.41, 5.74) is 7.81. The van der Waals surface area contributed by atoms with Crippen molar-refractivity contribution < 1.29 is 0 Å². The molecule has 0 radical (unpaired) electrons. The monoisotopic (exact) mass is 289 g/mol. The van der Waals surface area contributed by atoms with Gasteiger partial charge >= 0.3 is 0 Å². The minimum Gasteiger partial charge on any atom is -0.326 e. The van der Waals surface area contributed by atoms with E-state index in [4.69, 9.17) is 5.73 Å². The molecule has 0 spiro atoms. The standard InChI is InChI=1S/C18H31N3/c1-15-10-21(12-17(15)19)14-18(2,3)13-20(4)11-16-8-6-5-7-9-16/h5-9,15,17H,10-14,19H2,1-4H3. The van der Waals surface area contributed by atoms with Crippen LogP contribution in [0.1, 0.15) is 26.3 Å². The van der Waals surface area contributed by atoms with Gasteiger partial charge in [-0.15, -0.1) is 0 Å². The Morgan fingerprint density at radius 2 is 1.90 bits per heavy atom. The summed E-state index contributed by atoms with van der Waals surface area (Å²) in [5, 5.41) is 0. The molecule has 2 unspecified atom stereocenters. The first kappa shape index (κ1) is 16.5. The lowest BCUT2D eigenvalue weighted by molar-refractivity contribution is 0.143. The predicted molar refractivity (Wildman–Crippen MR) is 90.1 cm³/mol. The van der Waals surface area contributed by atoms with Crippen LogP contribution >= 0.6 is 0 Å². The first-order valence-electron chi connectivity index (χ1n) is 8.06. The predicted octanol–water partition coefficient (Wildman–Crippen LogP) is 2.42. The normalized spacial score (nSPS) is 23.9. The molecule has 3 heteroatoms. The molecule has 2 atom stereocenters. The van der Waals surface area contributed by atoms with Crippen LogP contribution in [0.15, 0.2) is 30.3 Å². The van der Waals surface area contributed by atoms with E-state index in [-0.39, 0.29) is 5.41 Å². The molecule has 0 saturated carbocycles. The molecule has 3 nitrogen and oxygen atoms in total. The van der Waals surface area contributed by atoms with Crippen LogP contribution in [-0.2, 0) is 6.54 Å². The van der Waals surface area contributed by atoms with Crippen LogP contribution in [-0.4, -0.2) is 49.1 Å². The van der Waals surface area contributed by atoms with E-state index in [1.165, 1.54) is 5.56 Å². The summed E-state index contributed by atoms with van der Waals surface area (Å²) in [6, 6.07) is 11.0. The SMILES string of the molecule is CC1CN(CC(C)(C)CN(C)Cc2ccccc2)CC1N. The summed E-state index contributed by atoms with van der Waals surface area (Å²) in [6.45, 7) is 12.4. The van der Waals surface area contributed by atoms with E-state index in [2.05, 4.69) is 68.0 Å². The second-order valence-electron chi connectivity index (χ2n) is 7.66. The van der Waals surface area contributed by atoms with Crippen molar-refractivity contribution >= 4 is 0 Å². The maximum atomic E-state index is 6.14. The fourth-order valence-corrected chi connectivity index (χ4v) is 3.56. The van der Waals surface area contributed by atoms with Crippen molar-refractivity contribution in [2.75, 3.05) is 33.2 Å². The molecular formula is C18H31N3. The van der Waals surface area contributed by atoms with E-state index in [0.717, 1.165) is 32.7 Å². The molecular weight excluding hydrogens is 258 g/mol. The summed E-state index contributed by atoms with van der Waals surface area (Å²) in [5.74, 6) is 0.628. The smallest absolute Gasteiger partial charge is 0.0230 e. The van der Waals surface area contributed by atoms with E-state index in [1.807, 2.05) is 0 Å². The van der Waals surface area contributed by atoms with Crippen molar-refractivity contribution in [2.24, 2.45) is 17.1 Å². The summed E-state index contributed by atoms with van der Waals surface area (Å²) in [7, 11) is 2.22. The highest BCUT2D eigenvalue weighted by molar-refractivity contribution is 5.14. The van der Waals surface area contributed by atoms with Crippen molar-refractivity contribution in [3.05, 3.63) is 35.9 Å². The number of likely N-dealkylation sites (tertiary alicyclic amines) is 1. The van der Waals surface area contributed by atoms with Gasteiger partial charge in [0.2, 0.25) is 0 Å². The van der Waals surface area contributed by atoms with Crippen molar-refractivity contribution in [3.8, 4) is 0 Å². The molecule has 21 heavy (non-hydrogen) atoms. The van der Waals surface area contributed by atoms with E-state index in [9.17, 15) is 0 Å². The molecule has 1 aromatic carbocycles. The Bertz CT molecular complexity index is 419. The molecule has 1 fully saturated rings. The fourth-order valence-electron chi connectivity index (χ4n) is 3.56. The summed E-state index contributed by atoms with van der Waals surface area (Å²) < 4.78 is 0. The van der Waals surface area contributed by atoms with Gasteiger partial charge in [-0.1, -0.05) is 51.1 Å². The minimum atomic E-state index is 0.285. The van der Waals surface area contributed by atoms with E-state index >= 15 is 0 Å². The number of hydrogen-bond acceptors (Lipinski definition) is 3. The molecule has 118 valence electrons. The van der Waals surface area contributed by atoms with Crippen LogP contribution in [0.5, 0.6) is 0 Å². The third-order valence-electron chi connectivity index (χ3n) is 4.39. The molecule has 2 rings (SSSR count). The molecule has 2 N–H and O–H groups in total. The molecule has 1 aliphatic heterocycles. The Morgan fingerprint density at radius 3 is 2.48 bits per heavy atom. The van der Waals surface area contributed by atoms with Crippen LogP contribution in [0.3, 0.4) is 0 Å². The maximum absolute atomic E-state index is 6.14. The molecule has 1 heterocycles. The molecule has 1 aliphatic rings. The van der Waals surface area contributed by atoms with Gasteiger partial charge in [0.05, 0.1) is 0 Å². The maximum Gasteiger partial charge on any atom is 0.0230 e. The van der Waals surface area contributed by atoms with Crippen molar-refractivity contribution in [3.63, 3.8) is 0 Å². The number of nitrogens with zero attached hydrogens (tertiary/aromatic N) is 2. The van der Waals surface area contributed by atoms with Gasteiger partial charge in [-0.2, -0.15) is 0 Å². The van der Waals surface area contributed by atoms with Gasteiger partial charge in [0.1, 0.15) is 0 Å². The highest BCUT2D eigenvalue weighted by atomic mass is 15.2. The van der Waals surface area contributed by atoms with Gasteiger partial charge in [0.15, 0.2) is 0 Å². The van der Waals surface area contributed by atoms with E-state index in [1.54, 1.807) is 0 Å². The topological polar surface area (TPSA) is 32.5 Å². The Labute approximate surface area is 130 Å².